The van der Waals surface area contributed by atoms with E-state index < -0.39 is 0 Å². The van der Waals surface area contributed by atoms with Crippen molar-refractivity contribution in [2.24, 2.45) is 0 Å². The highest BCUT2D eigenvalue weighted by Gasteiger charge is 2.32. The van der Waals surface area contributed by atoms with Gasteiger partial charge in [0.25, 0.3) is 0 Å². The molecule has 1 atom stereocenters. The molecule has 1 saturated carbocycles. The van der Waals surface area contributed by atoms with E-state index in [4.69, 9.17) is 0 Å². The van der Waals surface area contributed by atoms with E-state index in [1.807, 2.05) is 0 Å². The summed E-state index contributed by atoms with van der Waals surface area (Å²) in [4.78, 5) is 0. The van der Waals surface area contributed by atoms with Crippen LogP contribution >= 0.6 is 0 Å². The Morgan fingerprint density at radius 3 is 2.82 bits per heavy atom. The first-order chi connectivity index (χ1) is 10.9. The summed E-state index contributed by atoms with van der Waals surface area (Å²) in [6.45, 7) is 2.45. The van der Waals surface area contributed by atoms with E-state index in [1.165, 1.54) is 70.0 Å². The SMILES string of the molecule is c1cc2c(cc1C1CCCCC1)c1c3n2CC[NH2+][C@@H]3CCC1. The number of quaternary nitrogens is 1. The van der Waals surface area contributed by atoms with Crippen LogP contribution in [0.4, 0.5) is 0 Å². The summed E-state index contributed by atoms with van der Waals surface area (Å²) in [5.74, 6) is 0.827. The summed E-state index contributed by atoms with van der Waals surface area (Å²) in [5.41, 5.74) is 6.51. The number of nitrogens with two attached hydrogens (primary N) is 1. The van der Waals surface area contributed by atoms with Gasteiger partial charge in [-0.2, -0.15) is 0 Å². The molecule has 2 heterocycles. The maximum absolute atomic E-state index is 2.65. The Morgan fingerprint density at radius 2 is 1.91 bits per heavy atom. The molecule has 2 aliphatic carbocycles. The normalized spacial score (nSPS) is 25.4. The van der Waals surface area contributed by atoms with Gasteiger partial charge in [-0.05, 0) is 54.9 Å². The fourth-order valence-corrected chi connectivity index (χ4v) is 5.35. The van der Waals surface area contributed by atoms with Crippen LogP contribution in [0.3, 0.4) is 0 Å². The van der Waals surface area contributed by atoms with Gasteiger partial charge in [0.15, 0.2) is 0 Å². The highest BCUT2D eigenvalue weighted by Crippen LogP contribution is 2.40. The lowest BCUT2D eigenvalue weighted by atomic mass is 9.83. The standard InChI is InChI=1S/C20H26N2/c1-2-5-14(6-3-1)15-9-10-19-17(13-15)16-7-4-8-18-20(16)22(19)12-11-21-18/h9-10,13-14,18,21H,1-8,11-12H2/p+1/t18-/m1/s1. The first kappa shape index (κ1) is 13.2. The van der Waals surface area contributed by atoms with Crippen LogP contribution in [0.25, 0.3) is 10.9 Å². The van der Waals surface area contributed by atoms with Crippen LogP contribution in [-0.4, -0.2) is 11.1 Å². The van der Waals surface area contributed by atoms with Crippen molar-refractivity contribution in [3.63, 3.8) is 0 Å². The first-order valence-corrected chi connectivity index (χ1v) is 9.40. The maximum atomic E-state index is 2.65. The molecule has 0 radical (unpaired) electrons. The fourth-order valence-electron chi connectivity index (χ4n) is 5.35. The van der Waals surface area contributed by atoms with Crippen LogP contribution in [0, 0.1) is 0 Å². The fraction of sp³-hybridized carbons (Fsp3) is 0.600. The Hall–Kier alpha value is -1.28. The van der Waals surface area contributed by atoms with Gasteiger partial charge in [0.1, 0.15) is 6.04 Å². The van der Waals surface area contributed by atoms with Gasteiger partial charge in [-0.1, -0.05) is 25.3 Å². The summed E-state index contributed by atoms with van der Waals surface area (Å²) < 4.78 is 2.65. The van der Waals surface area contributed by atoms with Crippen LogP contribution in [0.5, 0.6) is 0 Å². The van der Waals surface area contributed by atoms with Crippen LogP contribution in [0.15, 0.2) is 18.2 Å². The van der Waals surface area contributed by atoms with Gasteiger partial charge in [0.2, 0.25) is 0 Å². The van der Waals surface area contributed by atoms with Crippen molar-refractivity contribution < 1.29 is 5.32 Å². The van der Waals surface area contributed by atoms with Gasteiger partial charge in [-0.25, -0.2) is 0 Å². The van der Waals surface area contributed by atoms with Gasteiger partial charge >= 0.3 is 0 Å². The molecular weight excluding hydrogens is 268 g/mol. The number of nitrogens with zero attached hydrogens (tertiary/aromatic N) is 1. The minimum Gasteiger partial charge on any atom is -0.337 e. The Balaban J connectivity index is 1.66. The van der Waals surface area contributed by atoms with Gasteiger partial charge in [0.05, 0.1) is 18.8 Å². The van der Waals surface area contributed by atoms with E-state index in [-0.39, 0.29) is 0 Å². The van der Waals surface area contributed by atoms with E-state index in [9.17, 15) is 0 Å². The van der Waals surface area contributed by atoms with Gasteiger partial charge in [0, 0.05) is 17.3 Å². The maximum Gasteiger partial charge on any atom is 0.127 e. The van der Waals surface area contributed by atoms with Crippen molar-refractivity contribution in [1.82, 2.24) is 4.57 Å². The zero-order valence-corrected chi connectivity index (χ0v) is 13.5. The molecular formula is C20H27N2+. The molecule has 5 rings (SSSR count). The predicted molar refractivity (Wildman–Crippen MR) is 90.2 cm³/mol. The van der Waals surface area contributed by atoms with Crippen molar-refractivity contribution >= 4 is 10.9 Å². The number of fused-ring (bicyclic) bond motifs is 3. The molecule has 0 amide bonds. The van der Waals surface area contributed by atoms with E-state index in [1.54, 1.807) is 22.2 Å². The molecule has 1 aliphatic heterocycles. The zero-order valence-electron chi connectivity index (χ0n) is 13.5. The molecule has 1 aromatic carbocycles. The lowest BCUT2D eigenvalue weighted by molar-refractivity contribution is -0.704. The predicted octanol–water partition coefficient (Wildman–Crippen LogP) is 3.64. The number of aryl methyl sites for hydroxylation is 1. The van der Waals surface area contributed by atoms with Gasteiger partial charge in [-0.3, -0.25) is 0 Å². The lowest BCUT2D eigenvalue weighted by Crippen LogP contribution is -2.88. The molecule has 116 valence electrons. The Labute approximate surface area is 132 Å². The summed E-state index contributed by atoms with van der Waals surface area (Å²) >= 11 is 0. The second kappa shape index (κ2) is 5.13. The smallest absolute Gasteiger partial charge is 0.127 e. The Bertz CT molecular complexity index is 704. The molecule has 2 N–H and O–H groups in total. The van der Waals surface area contributed by atoms with Crippen LogP contribution < -0.4 is 5.32 Å². The van der Waals surface area contributed by atoms with Crippen LogP contribution in [0.1, 0.15) is 73.7 Å². The van der Waals surface area contributed by atoms with Gasteiger partial charge in [-0.15, -0.1) is 0 Å². The minimum atomic E-state index is 0.739. The monoisotopic (exact) mass is 295 g/mol. The molecule has 0 unspecified atom stereocenters. The van der Waals surface area contributed by atoms with E-state index >= 15 is 0 Å². The van der Waals surface area contributed by atoms with Crippen LogP contribution in [0.2, 0.25) is 0 Å². The number of hydrogen-bond donors (Lipinski definition) is 1. The van der Waals surface area contributed by atoms with Gasteiger partial charge < -0.3 is 9.88 Å². The van der Waals surface area contributed by atoms with Crippen LogP contribution in [-0.2, 0) is 13.0 Å². The Kier molecular flexibility index (Phi) is 3.07. The van der Waals surface area contributed by atoms with Crippen molar-refractivity contribution in [2.75, 3.05) is 6.54 Å². The number of rotatable bonds is 1. The van der Waals surface area contributed by atoms with Crippen molar-refractivity contribution in [2.45, 2.75) is 69.9 Å². The third-order valence-electron chi connectivity index (χ3n) is 6.41. The molecule has 22 heavy (non-hydrogen) atoms. The lowest BCUT2D eigenvalue weighted by Gasteiger charge is -2.27. The average Bonchev–Trinajstić information content (AvgIpc) is 2.92. The highest BCUT2D eigenvalue weighted by atomic mass is 15.1. The summed E-state index contributed by atoms with van der Waals surface area (Å²) in [6, 6.07) is 8.21. The topological polar surface area (TPSA) is 21.5 Å². The van der Waals surface area contributed by atoms with Crippen molar-refractivity contribution in [3.8, 4) is 0 Å². The minimum absolute atomic E-state index is 0.739. The molecule has 0 spiro atoms. The molecule has 1 fully saturated rings. The molecule has 0 saturated heterocycles. The summed E-state index contributed by atoms with van der Waals surface area (Å²) in [5, 5.41) is 4.18. The molecule has 1 aromatic heterocycles. The third-order valence-corrected chi connectivity index (χ3v) is 6.41. The first-order valence-electron chi connectivity index (χ1n) is 9.40. The third kappa shape index (κ3) is 1.89. The summed E-state index contributed by atoms with van der Waals surface area (Å²) in [6.07, 6.45) is 11.2. The average molecular weight is 295 g/mol. The zero-order chi connectivity index (χ0) is 14.5. The van der Waals surface area contributed by atoms with Crippen molar-refractivity contribution in [1.29, 1.82) is 0 Å². The number of benzene rings is 1. The molecule has 3 aliphatic rings. The molecule has 0 bridgehead atoms. The van der Waals surface area contributed by atoms with E-state index in [0.29, 0.717) is 0 Å². The molecule has 2 nitrogen and oxygen atoms in total. The second-order valence-electron chi connectivity index (χ2n) is 7.65. The van der Waals surface area contributed by atoms with Crippen molar-refractivity contribution in [3.05, 3.63) is 35.0 Å². The summed E-state index contributed by atoms with van der Waals surface area (Å²) in [7, 11) is 0. The molecule has 2 heteroatoms. The highest BCUT2D eigenvalue weighted by molar-refractivity contribution is 5.87. The number of aromatic nitrogens is 1. The van der Waals surface area contributed by atoms with E-state index in [2.05, 4.69) is 28.1 Å². The van der Waals surface area contributed by atoms with E-state index in [0.717, 1.165) is 12.0 Å². The second-order valence-corrected chi connectivity index (χ2v) is 7.65. The Morgan fingerprint density at radius 1 is 1.00 bits per heavy atom. The molecule has 2 aromatic rings. The quantitative estimate of drug-likeness (QED) is 0.829. The largest absolute Gasteiger partial charge is 0.337 e. The number of hydrogen-bond acceptors (Lipinski definition) is 0.